The normalized spacial score (nSPS) is 17.6. The van der Waals surface area contributed by atoms with Gasteiger partial charge in [-0.1, -0.05) is 12.1 Å². The standard InChI is InChI=1S/C25H19BrF3N5O4S3/c26-23-33-20(14-3-1-6-17(19(14)29)34-41(37,38)22-15(27)4-2-5-16(22)28)21(39-23)18-7-8-30-24(32-18)31-13-9-25(10-13)11-40(35,36)12-25/h1-8,13,34H,9-12H2,(H,30,31,32). The minimum atomic E-state index is -4.81. The van der Waals surface area contributed by atoms with Crippen molar-refractivity contribution in [3.63, 3.8) is 0 Å². The van der Waals surface area contributed by atoms with Crippen molar-refractivity contribution >= 4 is 58.8 Å². The molecule has 41 heavy (non-hydrogen) atoms. The summed E-state index contributed by atoms with van der Waals surface area (Å²) in [4.78, 5) is 12.4. The van der Waals surface area contributed by atoms with E-state index in [2.05, 4.69) is 36.2 Å². The molecular weight excluding hydrogens is 667 g/mol. The lowest BCUT2D eigenvalue weighted by Gasteiger charge is -2.53. The van der Waals surface area contributed by atoms with Crippen LogP contribution < -0.4 is 10.0 Å². The van der Waals surface area contributed by atoms with Crippen molar-refractivity contribution in [1.82, 2.24) is 15.0 Å². The summed E-state index contributed by atoms with van der Waals surface area (Å²) in [5.41, 5.74) is -0.186. The number of nitrogens with zero attached hydrogens (tertiary/aromatic N) is 3. The fraction of sp³-hybridized carbons (Fsp3) is 0.240. The summed E-state index contributed by atoms with van der Waals surface area (Å²) < 4.78 is 95.0. The molecule has 0 radical (unpaired) electrons. The molecule has 214 valence electrons. The van der Waals surface area contributed by atoms with Gasteiger partial charge in [0.25, 0.3) is 10.0 Å². The van der Waals surface area contributed by atoms with E-state index in [0.717, 1.165) is 24.3 Å². The van der Waals surface area contributed by atoms with Crippen LogP contribution >= 0.6 is 27.3 Å². The monoisotopic (exact) mass is 685 g/mol. The summed E-state index contributed by atoms with van der Waals surface area (Å²) in [5, 5.41) is 3.22. The molecule has 2 aromatic heterocycles. The van der Waals surface area contributed by atoms with Crippen molar-refractivity contribution in [3.05, 3.63) is 70.0 Å². The lowest BCUT2D eigenvalue weighted by Crippen LogP contribution is -2.60. The second-order valence-corrected chi connectivity index (χ2v) is 16.0. The Kier molecular flexibility index (Phi) is 6.86. The number of hydrogen-bond acceptors (Lipinski definition) is 9. The van der Waals surface area contributed by atoms with Crippen LogP contribution in [0.5, 0.6) is 0 Å². The topological polar surface area (TPSA) is 131 Å². The van der Waals surface area contributed by atoms with Crippen molar-refractivity contribution < 1.29 is 30.0 Å². The van der Waals surface area contributed by atoms with Crippen LogP contribution in [0.25, 0.3) is 21.8 Å². The van der Waals surface area contributed by atoms with Crippen LogP contribution in [-0.4, -0.2) is 49.3 Å². The van der Waals surface area contributed by atoms with Gasteiger partial charge in [0, 0.05) is 23.2 Å². The lowest BCUT2D eigenvalue weighted by atomic mass is 9.67. The Balaban J connectivity index is 1.28. The third kappa shape index (κ3) is 5.33. The third-order valence-electron chi connectivity index (χ3n) is 6.92. The maximum absolute atomic E-state index is 15.7. The van der Waals surface area contributed by atoms with Gasteiger partial charge in [-0.25, -0.2) is 45.0 Å². The largest absolute Gasteiger partial charge is 0.351 e. The first kappa shape index (κ1) is 28.1. The molecule has 1 saturated heterocycles. The van der Waals surface area contributed by atoms with E-state index >= 15 is 4.39 Å². The first-order valence-corrected chi connectivity index (χ1v) is 17.0. The molecule has 1 spiro atoms. The first-order valence-electron chi connectivity index (χ1n) is 12.1. The van der Waals surface area contributed by atoms with E-state index < -0.39 is 47.9 Å². The molecule has 4 aromatic rings. The number of aromatic nitrogens is 3. The zero-order valence-corrected chi connectivity index (χ0v) is 24.8. The predicted octanol–water partition coefficient (Wildman–Crippen LogP) is 5.24. The van der Waals surface area contributed by atoms with Crippen LogP contribution in [0, 0.1) is 22.9 Å². The minimum Gasteiger partial charge on any atom is -0.351 e. The van der Waals surface area contributed by atoms with Crippen LogP contribution in [0.1, 0.15) is 12.8 Å². The Morgan fingerprint density at radius 1 is 1.00 bits per heavy atom. The second-order valence-electron chi connectivity index (χ2n) is 10.0. The van der Waals surface area contributed by atoms with Gasteiger partial charge >= 0.3 is 0 Å². The van der Waals surface area contributed by atoms with Crippen LogP contribution in [0.4, 0.5) is 24.8 Å². The smallest absolute Gasteiger partial charge is 0.267 e. The molecule has 2 aromatic carbocycles. The Hall–Kier alpha value is -3.08. The summed E-state index contributed by atoms with van der Waals surface area (Å²) in [6.07, 6.45) is 2.91. The van der Waals surface area contributed by atoms with E-state index in [1.165, 1.54) is 29.7 Å². The van der Waals surface area contributed by atoms with Gasteiger partial charge in [-0.3, -0.25) is 4.72 Å². The van der Waals surface area contributed by atoms with Gasteiger partial charge in [0.05, 0.1) is 33.5 Å². The highest BCUT2D eigenvalue weighted by molar-refractivity contribution is 9.11. The molecular formula is C25H19BrF3N5O4S3. The molecule has 0 unspecified atom stereocenters. The Morgan fingerprint density at radius 3 is 2.37 bits per heavy atom. The molecule has 2 aliphatic rings. The van der Waals surface area contributed by atoms with Gasteiger partial charge in [0.2, 0.25) is 5.95 Å². The minimum absolute atomic E-state index is 0.0230. The molecule has 0 atom stereocenters. The predicted molar refractivity (Wildman–Crippen MR) is 151 cm³/mol. The highest BCUT2D eigenvalue weighted by Gasteiger charge is 2.56. The van der Waals surface area contributed by atoms with Crippen molar-refractivity contribution in [2.45, 2.75) is 23.8 Å². The molecule has 0 bridgehead atoms. The highest BCUT2D eigenvalue weighted by Crippen LogP contribution is 2.50. The van der Waals surface area contributed by atoms with E-state index in [1.54, 1.807) is 6.07 Å². The molecule has 6 rings (SSSR count). The van der Waals surface area contributed by atoms with E-state index in [4.69, 9.17) is 0 Å². The van der Waals surface area contributed by atoms with Crippen LogP contribution in [0.15, 0.2) is 57.5 Å². The summed E-state index contributed by atoms with van der Waals surface area (Å²) in [5.74, 6) is -2.92. The third-order valence-corrected chi connectivity index (χ3v) is 12.0. The number of thiazole rings is 1. The first-order chi connectivity index (χ1) is 19.3. The van der Waals surface area contributed by atoms with Crippen molar-refractivity contribution in [2.75, 3.05) is 21.5 Å². The summed E-state index contributed by atoms with van der Waals surface area (Å²) in [6.45, 7) is 0. The lowest BCUT2D eigenvalue weighted by molar-refractivity contribution is 0.153. The van der Waals surface area contributed by atoms with Gasteiger partial charge in [-0.15, -0.1) is 11.3 Å². The average Bonchev–Trinajstić information content (AvgIpc) is 3.24. The number of anilines is 2. The number of sulfone groups is 1. The van der Waals surface area contributed by atoms with Crippen LogP contribution in [0.2, 0.25) is 0 Å². The van der Waals surface area contributed by atoms with Crippen molar-refractivity contribution in [2.24, 2.45) is 5.41 Å². The summed E-state index contributed by atoms with van der Waals surface area (Å²) >= 11 is 4.48. The molecule has 1 saturated carbocycles. The quantitative estimate of drug-likeness (QED) is 0.270. The number of sulfonamides is 1. The Morgan fingerprint density at radius 2 is 1.68 bits per heavy atom. The van der Waals surface area contributed by atoms with Gasteiger partial charge in [-0.2, -0.15) is 0 Å². The summed E-state index contributed by atoms with van der Waals surface area (Å²) in [6, 6.07) is 8.12. The zero-order chi connectivity index (χ0) is 29.2. The molecule has 1 aliphatic carbocycles. The zero-order valence-electron chi connectivity index (χ0n) is 20.7. The molecule has 2 fully saturated rings. The molecule has 2 N–H and O–H groups in total. The van der Waals surface area contributed by atoms with Gasteiger partial charge in [0.1, 0.15) is 11.6 Å². The molecule has 3 heterocycles. The number of nitrogens with one attached hydrogen (secondary N) is 2. The Bertz CT molecular complexity index is 1880. The molecule has 9 nitrogen and oxygen atoms in total. The van der Waals surface area contributed by atoms with Gasteiger partial charge in [-0.05, 0) is 59.1 Å². The number of benzene rings is 2. The van der Waals surface area contributed by atoms with Gasteiger partial charge in [0.15, 0.2) is 24.5 Å². The average molecular weight is 687 g/mol. The van der Waals surface area contributed by atoms with Gasteiger partial charge < -0.3 is 5.32 Å². The molecule has 16 heteroatoms. The van der Waals surface area contributed by atoms with Crippen LogP contribution in [-0.2, 0) is 19.9 Å². The molecule has 0 amide bonds. The second kappa shape index (κ2) is 10.0. The maximum Gasteiger partial charge on any atom is 0.267 e. The number of halogens is 4. The fourth-order valence-electron chi connectivity index (χ4n) is 5.33. The van der Waals surface area contributed by atoms with E-state index in [0.29, 0.717) is 33.3 Å². The number of rotatable bonds is 7. The van der Waals surface area contributed by atoms with Crippen LogP contribution in [0.3, 0.4) is 0 Å². The van der Waals surface area contributed by atoms with E-state index in [-0.39, 0.29) is 34.2 Å². The fourth-order valence-corrected chi connectivity index (χ4v) is 10.2. The SMILES string of the molecule is O=S1(=O)CC2(CC(Nc3nccc(-c4sc(Br)nc4-c4cccc(NS(=O)(=O)c5c(F)cccc5F)c4F)n3)C2)C1. The van der Waals surface area contributed by atoms with Crippen molar-refractivity contribution in [1.29, 1.82) is 0 Å². The Labute approximate surface area is 245 Å². The highest BCUT2D eigenvalue weighted by atomic mass is 79.9. The molecule has 1 aliphatic heterocycles. The maximum atomic E-state index is 15.7. The summed E-state index contributed by atoms with van der Waals surface area (Å²) in [7, 11) is -7.73. The van der Waals surface area contributed by atoms with E-state index in [1.807, 2.05) is 4.72 Å². The number of hydrogen-bond donors (Lipinski definition) is 2. The van der Waals surface area contributed by atoms with Crippen molar-refractivity contribution in [3.8, 4) is 21.8 Å². The van der Waals surface area contributed by atoms with E-state index in [9.17, 15) is 25.6 Å².